The van der Waals surface area contributed by atoms with E-state index in [0.717, 1.165) is 0 Å². The number of hydrogen-bond acceptors (Lipinski definition) is 3. The molecular weight excluding hydrogens is 125 g/mol. The summed E-state index contributed by atoms with van der Waals surface area (Å²) in [5.74, 6) is 0. The van der Waals surface area contributed by atoms with E-state index in [1.807, 2.05) is 0 Å². The molecule has 0 aliphatic heterocycles. The van der Waals surface area contributed by atoms with Crippen LogP contribution < -0.4 is 5.73 Å². The highest BCUT2D eigenvalue weighted by molar-refractivity contribution is 4.98. The lowest BCUT2D eigenvalue weighted by Gasteiger charge is -1.99. The molecule has 0 saturated heterocycles. The van der Waals surface area contributed by atoms with Crippen LogP contribution in [0.1, 0.15) is 0 Å². The Kier molecular flexibility index (Phi) is 5.40. The molecule has 0 aromatic carbocycles. The van der Waals surface area contributed by atoms with E-state index >= 15 is 0 Å². The number of halogens is 1. The smallest absolute Gasteiger partial charge is 0.107 e. The SMILES string of the molecule is COOC/C(=C\F)CN. The van der Waals surface area contributed by atoms with Crippen LogP contribution in [0.25, 0.3) is 0 Å². The Morgan fingerprint density at radius 2 is 2.44 bits per heavy atom. The molecule has 0 radical (unpaired) electrons. The summed E-state index contributed by atoms with van der Waals surface area (Å²) < 4.78 is 11.6. The average molecular weight is 135 g/mol. The lowest BCUT2D eigenvalue weighted by Crippen LogP contribution is -2.08. The zero-order chi connectivity index (χ0) is 7.11. The fraction of sp³-hybridized carbons (Fsp3) is 0.600. The highest BCUT2D eigenvalue weighted by Gasteiger charge is 1.92. The number of nitrogens with two attached hydrogens (primary N) is 1. The Morgan fingerprint density at radius 3 is 2.78 bits per heavy atom. The number of rotatable bonds is 4. The van der Waals surface area contributed by atoms with E-state index in [1.165, 1.54) is 7.11 Å². The second kappa shape index (κ2) is 5.68. The van der Waals surface area contributed by atoms with Gasteiger partial charge in [0.2, 0.25) is 0 Å². The maximum absolute atomic E-state index is 11.6. The molecule has 0 aromatic heterocycles. The minimum Gasteiger partial charge on any atom is -0.327 e. The van der Waals surface area contributed by atoms with Gasteiger partial charge in [-0.05, 0) is 0 Å². The van der Waals surface area contributed by atoms with E-state index in [0.29, 0.717) is 11.9 Å². The van der Waals surface area contributed by atoms with Crippen molar-refractivity contribution in [1.29, 1.82) is 0 Å². The summed E-state index contributed by atoms with van der Waals surface area (Å²) in [6, 6.07) is 0. The second-order valence-corrected chi connectivity index (χ2v) is 1.40. The molecule has 3 nitrogen and oxygen atoms in total. The topological polar surface area (TPSA) is 44.5 Å². The number of hydrogen-bond donors (Lipinski definition) is 1. The largest absolute Gasteiger partial charge is 0.327 e. The Morgan fingerprint density at radius 1 is 1.78 bits per heavy atom. The first-order valence-corrected chi connectivity index (χ1v) is 2.49. The summed E-state index contributed by atoms with van der Waals surface area (Å²) in [4.78, 5) is 8.60. The normalized spacial score (nSPS) is 12.1. The van der Waals surface area contributed by atoms with Crippen LogP contribution in [0.4, 0.5) is 4.39 Å². The molecule has 0 heterocycles. The molecule has 0 aliphatic carbocycles. The Bertz CT molecular complexity index is 95.0. The monoisotopic (exact) mass is 135 g/mol. The third kappa shape index (κ3) is 4.08. The van der Waals surface area contributed by atoms with Gasteiger partial charge in [-0.25, -0.2) is 14.2 Å². The third-order valence-electron chi connectivity index (χ3n) is 0.779. The maximum atomic E-state index is 11.6. The van der Waals surface area contributed by atoms with E-state index in [1.54, 1.807) is 0 Å². The molecule has 54 valence electrons. The molecule has 0 spiro atoms. The summed E-state index contributed by atoms with van der Waals surface area (Å²) in [5.41, 5.74) is 5.45. The molecule has 0 fully saturated rings. The van der Waals surface area contributed by atoms with Gasteiger partial charge in [0.15, 0.2) is 0 Å². The molecular formula is C5H10FNO2. The fourth-order valence-electron chi connectivity index (χ4n) is 0.270. The summed E-state index contributed by atoms with van der Waals surface area (Å²) >= 11 is 0. The molecule has 0 aliphatic rings. The zero-order valence-corrected chi connectivity index (χ0v) is 5.26. The van der Waals surface area contributed by atoms with Crippen molar-refractivity contribution in [3.63, 3.8) is 0 Å². The predicted molar refractivity (Wildman–Crippen MR) is 31.2 cm³/mol. The molecule has 0 saturated carbocycles. The third-order valence-corrected chi connectivity index (χ3v) is 0.779. The molecule has 9 heavy (non-hydrogen) atoms. The van der Waals surface area contributed by atoms with Crippen molar-refractivity contribution >= 4 is 0 Å². The Balaban J connectivity index is 3.33. The van der Waals surface area contributed by atoms with Crippen molar-refractivity contribution in [3.05, 3.63) is 11.9 Å². The van der Waals surface area contributed by atoms with Crippen LogP contribution in [-0.2, 0) is 9.78 Å². The molecule has 0 unspecified atom stereocenters. The molecule has 2 N–H and O–H groups in total. The minimum absolute atomic E-state index is 0.0868. The molecule has 4 heteroatoms. The summed E-state index contributed by atoms with van der Waals surface area (Å²) in [7, 11) is 1.35. The van der Waals surface area contributed by atoms with Gasteiger partial charge in [-0.3, -0.25) is 0 Å². The van der Waals surface area contributed by atoms with Crippen LogP contribution in [0.3, 0.4) is 0 Å². The molecule has 0 atom stereocenters. The first kappa shape index (κ1) is 8.55. The lowest BCUT2D eigenvalue weighted by molar-refractivity contribution is -0.265. The van der Waals surface area contributed by atoms with Crippen molar-refractivity contribution in [3.8, 4) is 0 Å². The molecule has 0 rings (SSSR count). The van der Waals surface area contributed by atoms with Gasteiger partial charge in [0.1, 0.15) is 6.61 Å². The van der Waals surface area contributed by atoms with Gasteiger partial charge in [0.05, 0.1) is 13.4 Å². The van der Waals surface area contributed by atoms with E-state index in [9.17, 15) is 4.39 Å². The minimum atomic E-state index is 0.0868. The van der Waals surface area contributed by atoms with Crippen molar-refractivity contribution in [2.45, 2.75) is 0 Å². The van der Waals surface area contributed by atoms with Crippen molar-refractivity contribution in [1.82, 2.24) is 0 Å². The molecule has 0 aromatic rings. The van der Waals surface area contributed by atoms with Crippen LogP contribution >= 0.6 is 0 Å². The lowest BCUT2D eigenvalue weighted by atomic mass is 10.3. The van der Waals surface area contributed by atoms with Crippen LogP contribution in [0, 0.1) is 0 Å². The summed E-state index contributed by atoms with van der Waals surface area (Å²) in [6.07, 6.45) is 0.416. The van der Waals surface area contributed by atoms with Gasteiger partial charge in [-0.1, -0.05) is 0 Å². The quantitative estimate of drug-likeness (QED) is 0.447. The van der Waals surface area contributed by atoms with Gasteiger partial charge in [0.25, 0.3) is 0 Å². The Hall–Kier alpha value is -0.450. The van der Waals surface area contributed by atoms with Crippen molar-refractivity contribution < 1.29 is 14.2 Å². The van der Waals surface area contributed by atoms with Crippen LogP contribution in [-0.4, -0.2) is 20.3 Å². The van der Waals surface area contributed by atoms with Gasteiger partial charge in [0, 0.05) is 12.1 Å². The van der Waals surface area contributed by atoms with Crippen molar-refractivity contribution in [2.75, 3.05) is 20.3 Å². The predicted octanol–water partition coefficient (Wildman–Crippen LogP) is 0.377. The summed E-state index contributed by atoms with van der Waals surface area (Å²) in [6.45, 7) is 0.239. The van der Waals surface area contributed by atoms with E-state index in [2.05, 4.69) is 9.78 Å². The first-order valence-electron chi connectivity index (χ1n) is 2.49. The van der Waals surface area contributed by atoms with Crippen LogP contribution in [0.15, 0.2) is 11.9 Å². The van der Waals surface area contributed by atoms with Gasteiger partial charge in [-0.2, -0.15) is 0 Å². The first-order chi connectivity index (χ1) is 4.35. The highest BCUT2D eigenvalue weighted by atomic mass is 19.1. The standard InChI is InChI=1S/C5H10FNO2/c1-8-9-4-5(2-6)3-7/h2H,3-4,7H2,1H3/b5-2-. The van der Waals surface area contributed by atoms with Gasteiger partial charge < -0.3 is 5.73 Å². The molecule has 0 amide bonds. The highest BCUT2D eigenvalue weighted by Crippen LogP contribution is 1.92. The van der Waals surface area contributed by atoms with Crippen LogP contribution in [0.5, 0.6) is 0 Å². The van der Waals surface area contributed by atoms with Gasteiger partial charge in [-0.15, -0.1) is 0 Å². The van der Waals surface area contributed by atoms with E-state index in [4.69, 9.17) is 5.73 Å². The van der Waals surface area contributed by atoms with Gasteiger partial charge >= 0.3 is 0 Å². The second-order valence-electron chi connectivity index (χ2n) is 1.40. The fourth-order valence-corrected chi connectivity index (χ4v) is 0.270. The van der Waals surface area contributed by atoms with E-state index in [-0.39, 0.29) is 13.2 Å². The summed E-state index contributed by atoms with van der Waals surface area (Å²) in [5, 5.41) is 0. The average Bonchev–Trinajstić information content (AvgIpc) is 1.91. The Labute approximate surface area is 53.2 Å². The zero-order valence-electron chi connectivity index (χ0n) is 5.26. The van der Waals surface area contributed by atoms with Crippen molar-refractivity contribution in [2.24, 2.45) is 5.73 Å². The van der Waals surface area contributed by atoms with Crippen LogP contribution in [0.2, 0.25) is 0 Å². The van der Waals surface area contributed by atoms with E-state index < -0.39 is 0 Å². The molecule has 0 bridgehead atoms. The maximum Gasteiger partial charge on any atom is 0.107 e.